The Labute approximate surface area is 126 Å². The molecule has 0 radical (unpaired) electrons. The van der Waals surface area contributed by atoms with Crippen LogP contribution in [0.25, 0.3) is 0 Å². The number of hydrogen-bond donors (Lipinski definition) is 0. The molecule has 0 aromatic heterocycles. The molecule has 0 aromatic rings. The SMILES string of the molecule is COC(=O)C1(C(=O)OC)CC2=C(C)CC(C(C)C)=CC2C1. The highest BCUT2D eigenvalue weighted by Gasteiger charge is 2.55. The largest absolute Gasteiger partial charge is 0.468 e. The van der Waals surface area contributed by atoms with Gasteiger partial charge in [0.1, 0.15) is 0 Å². The van der Waals surface area contributed by atoms with Crippen molar-refractivity contribution in [1.29, 1.82) is 0 Å². The van der Waals surface area contributed by atoms with E-state index in [1.54, 1.807) is 0 Å². The normalized spacial score (nSPS) is 23.7. The summed E-state index contributed by atoms with van der Waals surface area (Å²) >= 11 is 0. The van der Waals surface area contributed by atoms with Crippen molar-refractivity contribution in [2.24, 2.45) is 17.3 Å². The first kappa shape index (κ1) is 15.8. The minimum atomic E-state index is -1.17. The lowest BCUT2D eigenvalue weighted by Gasteiger charge is -2.23. The van der Waals surface area contributed by atoms with E-state index in [1.807, 2.05) is 0 Å². The predicted molar refractivity (Wildman–Crippen MR) is 79.4 cm³/mol. The highest BCUT2D eigenvalue weighted by molar-refractivity contribution is 6.01. The number of methoxy groups -OCH3 is 2. The van der Waals surface area contributed by atoms with Gasteiger partial charge in [0.2, 0.25) is 0 Å². The number of carbonyl (C=O) groups excluding carboxylic acids is 2. The van der Waals surface area contributed by atoms with Gasteiger partial charge in [0.05, 0.1) is 14.2 Å². The number of ether oxygens (including phenoxy) is 2. The zero-order valence-corrected chi connectivity index (χ0v) is 13.5. The van der Waals surface area contributed by atoms with E-state index in [2.05, 4.69) is 26.8 Å². The molecule has 0 aromatic carbocycles. The number of carbonyl (C=O) groups is 2. The number of allylic oxidation sites excluding steroid dienone is 4. The molecule has 21 heavy (non-hydrogen) atoms. The number of rotatable bonds is 3. The average Bonchev–Trinajstić information content (AvgIpc) is 2.86. The molecule has 116 valence electrons. The van der Waals surface area contributed by atoms with E-state index in [0.717, 1.165) is 6.42 Å². The van der Waals surface area contributed by atoms with Crippen molar-refractivity contribution in [1.82, 2.24) is 0 Å². The molecule has 2 aliphatic rings. The summed E-state index contributed by atoms with van der Waals surface area (Å²) in [6.07, 6.45) is 4.04. The summed E-state index contributed by atoms with van der Waals surface area (Å²) in [5, 5.41) is 0. The molecule has 4 heteroatoms. The van der Waals surface area contributed by atoms with Crippen LogP contribution in [-0.2, 0) is 19.1 Å². The van der Waals surface area contributed by atoms with E-state index in [4.69, 9.17) is 9.47 Å². The highest BCUT2D eigenvalue weighted by Crippen LogP contribution is 2.51. The Hall–Kier alpha value is -1.58. The average molecular weight is 292 g/mol. The fourth-order valence-corrected chi connectivity index (χ4v) is 3.57. The Balaban J connectivity index is 2.42. The maximum Gasteiger partial charge on any atom is 0.323 e. The molecule has 2 rings (SSSR count). The molecule has 4 nitrogen and oxygen atoms in total. The van der Waals surface area contributed by atoms with E-state index in [9.17, 15) is 9.59 Å². The first-order valence-corrected chi connectivity index (χ1v) is 7.41. The van der Waals surface area contributed by atoms with Gasteiger partial charge in [-0.25, -0.2) is 0 Å². The van der Waals surface area contributed by atoms with Crippen molar-refractivity contribution in [3.63, 3.8) is 0 Å². The van der Waals surface area contributed by atoms with Crippen LogP contribution < -0.4 is 0 Å². The highest BCUT2D eigenvalue weighted by atomic mass is 16.5. The molecule has 1 saturated carbocycles. The second-order valence-corrected chi connectivity index (χ2v) is 6.43. The van der Waals surface area contributed by atoms with Crippen molar-refractivity contribution in [2.75, 3.05) is 14.2 Å². The van der Waals surface area contributed by atoms with Crippen molar-refractivity contribution in [3.8, 4) is 0 Å². The van der Waals surface area contributed by atoms with Crippen LogP contribution in [0, 0.1) is 17.3 Å². The zero-order chi connectivity index (χ0) is 15.8. The molecule has 0 amide bonds. The minimum Gasteiger partial charge on any atom is -0.468 e. The molecule has 1 fully saturated rings. The van der Waals surface area contributed by atoms with Gasteiger partial charge in [0.15, 0.2) is 5.41 Å². The van der Waals surface area contributed by atoms with Crippen molar-refractivity contribution in [2.45, 2.75) is 40.0 Å². The molecule has 0 aliphatic heterocycles. The third-order valence-electron chi connectivity index (χ3n) is 4.83. The number of hydrogen-bond acceptors (Lipinski definition) is 4. The minimum absolute atomic E-state index is 0.148. The van der Waals surface area contributed by atoms with Crippen LogP contribution >= 0.6 is 0 Å². The molecule has 0 saturated heterocycles. The van der Waals surface area contributed by atoms with E-state index in [0.29, 0.717) is 18.8 Å². The van der Waals surface area contributed by atoms with Gasteiger partial charge in [0, 0.05) is 0 Å². The van der Waals surface area contributed by atoms with E-state index < -0.39 is 17.4 Å². The van der Waals surface area contributed by atoms with Gasteiger partial charge in [-0.3, -0.25) is 9.59 Å². The molecule has 0 heterocycles. The smallest absolute Gasteiger partial charge is 0.323 e. The maximum atomic E-state index is 12.2. The first-order valence-electron chi connectivity index (χ1n) is 7.41. The Morgan fingerprint density at radius 2 is 1.81 bits per heavy atom. The third kappa shape index (κ3) is 2.52. The molecule has 1 unspecified atom stereocenters. The van der Waals surface area contributed by atoms with Crippen LogP contribution in [0.1, 0.15) is 40.0 Å². The molecule has 1 atom stereocenters. The third-order valence-corrected chi connectivity index (χ3v) is 4.83. The fourth-order valence-electron chi connectivity index (χ4n) is 3.57. The summed E-state index contributed by atoms with van der Waals surface area (Å²) in [6.45, 7) is 6.45. The first-order chi connectivity index (χ1) is 9.85. The molecule has 0 bridgehead atoms. The molecular formula is C17H24O4. The standard InChI is InChI=1S/C17H24O4/c1-10(2)12-6-11(3)14-9-17(15(18)20-4,16(19)21-5)8-13(14)7-12/h7,10,13H,6,8-9H2,1-5H3. The second kappa shape index (κ2) is 5.66. The van der Waals surface area contributed by atoms with Crippen molar-refractivity contribution >= 4 is 11.9 Å². The van der Waals surface area contributed by atoms with Crippen LogP contribution in [0.15, 0.2) is 22.8 Å². The fraction of sp³-hybridized carbons (Fsp3) is 0.647. The number of fused-ring (bicyclic) bond motifs is 1. The molecule has 0 spiro atoms. The monoisotopic (exact) mass is 292 g/mol. The van der Waals surface area contributed by atoms with Gasteiger partial charge in [0.25, 0.3) is 0 Å². The Morgan fingerprint density at radius 1 is 1.24 bits per heavy atom. The van der Waals surface area contributed by atoms with Crippen molar-refractivity contribution < 1.29 is 19.1 Å². The summed E-state index contributed by atoms with van der Waals surface area (Å²) in [5.41, 5.74) is 2.69. The lowest BCUT2D eigenvalue weighted by molar-refractivity contribution is -0.168. The van der Waals surface area contributed by atoms with Gasteiger partial charge in [-0.1, -0.05) is 36.6 Å². The molecular weight excluding hydrogens is 268 g/mol. The van der Waals surface area contributed by atoms with Crippen molar-refractivity contribution in [3.05, 3.63) is 22.8 Å². The van der Waals surface area contributed by atoms with Gasteiger partial charge in [-0.2, -0.15) is 0 Å². The lowest BCUT2D eigenvalue weighted by atomic mass is 9.82. The Bertz CT molecular complexity index is 509. The zero-order valence-electron chi connectivity index (χ0n) is 13.5. The van der Waals surface area contributed by atoms with Crippen LogP contribution in [-0.4, -0.2) is 26.2 Å². The maximum absolute atomic E-state index is 12.2. The lowest BCUT2D eigenvalue weighted by Crippen LogP contribution is -2.39. The summed E-state index contributed by atoms with van der Waals surface area (Å²) < 4.78 is 9.79. The summed E-state index contributed by atoms with van der Waals surface area (Å²) in [4.78, 5) is 24.5. The Morgan fingerprint density at radius 3 is 2.29 bits per heavy atom. The molecule has 0 N–H and O–H groups in total. The topological polar surface area (TPSA) is 52.6 Å². The van der Waals surface area contributed by atoms with E-state index in [-0.39, 0.29) is 5.92 Å². The quantitative estimate of drug-likeness (QED) is 0.456. The van der Waals surface area contributed by atoms with Gasteiger partial charge >= 0.3 is 11.9 Å². The summed E-state index contributed by atoms with van der Waals surface area (Å²) in [7, 11) is 2.65. The van der Waals surface area contributed by atoms with Crippen LogP contribution in [0.5, 0.6) is 0 Å². The molecule has 2 aliphatic carbocycles. The van der Waals surface area contributed by atoms with Crippen LogP contribution in [0.2, 0.25) is 0 Å². The van der Waals surface area contributed by atoms with Crippen LogP contribution in [0.4, 0.5) is 0 Å². The Kier molecular flexibility index (Phi) is 4.26. The number of esters is 2. The van der Waals surface area contributed by atoms with Gasteiger partial charge < -0.3 is 9.47 Å². The van der Waals surface area contributed by atoms with Crippen LogP contribution in [0.3, 0.4) is 0 Å². The summed E-state index contributed by atoms with van der Waals surface area (Å²) in [6, 6.07) is 0. The van der Waals surface area contributed by atoms with Gasteiger partial charge in [-0.05, 0) is 38.0 Å². The second-order valence-electron chi connectivity index (χ2n) is 6.43. The van der Waals surface area contributed by atoms with E-state index in [1.165, 1.54) is 30.9 Å². The summed E-state index contributed by atoms with van der Waals surface area (Å²) in [5.74, 6) is -0.339. The van der Waals surface area contributed by atoms with Gasteiger partial charge in [-0.15, -0.1) is 0 Å². The van der Waals surface area contributed by atoms with E-state index >= 15 is 0 Å². The predicted octanol–water partition coefficient (Wildman–Crippen LogP) is 3.03.